The summed E-state index contributed by atoms with van der Waals surface area (Å²) in [5.41, 5.74) is 0.947. The number of aryl methyl sites for hydroxylation is 1. The summed E-state index contributed by atoms with van der Waals surface area (Å²) in [7, 11) is -3.65. The maximum Gasteiger partial charge on any atom is 0.238 e. The van der Waals surface area contributed by atoms with Crippen LogP contribution in [0.15, 0.2) is 29.2 Å². The Kier molecular flexibility index (Phi) is 5.00. The number of likely N-dealkylation sites (tertiary alicyclic amines) is 1. The van der Waals surface area contributed by atoms with Crippen LogP contribution >= 0.6 is 0 Å². The van der Waals surface area contributed by atoms with Crippen molar-refractivity contribution in [3.05, 3.63) is 29.8 Å². The van der Waals surface area contributed by atoms with Gasteiger partial charge in [-0.05, 0) is 43.4 Å². The van der Waals surface area contributed by atoms with Gasteiger partial charge in [-0.15, -0.1) is 0 Å². The van der Waals surface area contributed by atoms with Crippen LogP contribution in [0.5, 0.6) is 0 Å². The summed E-state index contributed by atoms with van der Waals surface area (Å²) >= 11 is 0. The van der Waals surface area contributed by atoms with E-state index < -0.39 is 10.0 Å². The lowest BCUT2D eigenvalue weighted by molar-refractivity contribution is -0.132. The number of carbonyl (C=O) groups is 1. The third-order valence-corrected chi connectivity index (χ3v) is 4.98. The molecule has 0 radical (unpaired) electrons. The first-order chi connectivity index (χ1) is 9.91. The molecule has 1 aliphatic heterocycles. The normalized spacial score (nSPS) is 19.0. The van der Waals surface area contributed by atoms with Gasteiger partial charge < -0.3 is 4.90 Å². The highest BCUT2D eigenvalue weighted by Gasteiger charge is 2.26. The average Bonchev–Trinajstić information content (AvgIpc) is 2.92. The number of amides is 1. The number of nitrogens with zero attached hydrogens (tertiary/aromatic N) is 1. The van der Waals surface area contributed by atoms with Crippen LogP contribution in [-0.2, 0) is 21.2 Å². The molecule has 0 spiro atoms. The zero-order chi connectivity index (χ0) is 15.5. The maximum atomic E-state index is 12.2. The number of nitrogens with two attached hydrogens (primary N) is 1. The van der Waals surface area contributed by atoms with Gasteiger partial charge in [-0.3, -0.25) is 4.79 Å². The Hall–Kier alpha value is -1.40. The Morgan fingerprint density at radius 3 is 2.57 bits per heavy atom. The number of rotatable bonds is 5. The Morgan fingerprint density at radius 1 is 1.33 bits per heavy atom. The van der Waals surface area contributed by atoms with Crippen LogP contribution in [-0.4, -0.2) is 31.8 Å². The van der Waals surface area contributed by atoms with Gasteiger partial charge in [0.1, 0.15) is 0 Å². The van der Waals surface area contributed by atoms with Crippen LogP contribution in [0.2, 0.25) is 0 Å². The van der Waals surface area contributed by atoms with Gasteiger partial charge in [0.25, 0.3) is 0 Å². The molecule has 1 amide bonds. The predicted octanol–water partition coefficient (Wildman–Crippen LogP) is 1.67. The molecule has 6 heteroatoms. The van der Waals surface area contributed by atoms with Crippen LogP contribution in [0, 0.1) is 0 Å². The highest BCUT2D eigenvalue weighted by molar-refractivity contribution is 7.89. The van der Waals surface area contributed by atoms with Crippen molar-refractivity contribution >= 4 is 15.9 Å². The number of primary sulfonamides is 1. The van der Waals surface area contributed by atoms with Crippen molar-refractivity contribution in [2.24, 2.45) is 5.14 Å². The Labute approximate surface area is 126 Å². The van der Waals surface area contributed by atoms with Gasteiger partial charge in [-0.25, -0.2) is 13.6 Å². The number of carbonyl (C=O) groups excluding carboxylic acids is 1. The molecule has 1 atom stereocenters. The number of hydrogen-bond acceptors (Lipinski definition) is 3. The van der Waals surface area contributed by atoms with E-state index in [-0.39, 0.29) is 10.8 Å². The fourth-order valence-corrected chi connectivity index (χ4v) is 3.34. The minimum absolute atomic E-state index is 0.100. The predicted molar refractivity (Wildman–Crippen MR) is 81.2 cm³/mol. The zero-order valence-electron chi connectivity index (χ0n) is 12.3. The molecule has 0 saturated carbocycles. The molecule has 0 bridgehead atoms. The molecule has 21 heavy (non-hydrogen) atoms. The smallest absolute Gasteiger partial charge is 0.238 e. The third-order valence-electron chi connectivity index (χ3n) is 4.05. The number of benzene rings is 1. The monoisotopic (exact) mass is 310 g/mol. The van der Waals surface area contributed by atoms with E-state index >= 15 is 0 Å². The van der Waals surface area contributed by atoms with Gasteiger partial charge in [0.05, 0.1) is 4.90 Å². The van der Waals surface area contributed by atoms with Crippen molar-refractivity contribution in [2.45, 2.75) is 50.0 Å². The minimum atomic E-state index is -3.65. The van der Waals surface area contributed by atoms with E-state index in [4.69, 9.17) is 5.14 Å². The van der Waals surface area contributed by atoms with Crippen LogP contribution in [0.4, 0.5) is 0 Å². The van der Waals surface area contributed by atoms with E-state index in [0.717, 1.165) is 31.4 Å². The van der Waals surface area contributed by atoms with Gasteiger partial charge in [-0.1, -0.05) is 19.1 Å². The Balaban J connectivity index is 1.92. The molecule has 116 valence electrons. The Morgan fingerprint density at radius 2 is 2.00 bits per heavy atom. The van der Waals surface area contributed by atoms with E-state index in [2.05, 4.69) is 6.92 Å². The first-order valence-electron chi connectivity index (χ1n) is 7.33. The molecule has 1 unspecified atom stereocenters. The van der Waals surface area contributed by atoms with Crippen molar-refractivity contribution < 1.29 is 13.2 Å². The lowest BCUT2D eigenvalue weighted by Crippen LogP contribution is -2.35. The van der Waals surface area contributed by atoms with Gasteiger partial charge in [0.15, 0.2) is 0 Å². The van der Waals surface area contributed by atoms with E-state index in [1.165, 1.54) is 12.1 Å². The second-order valence-electron chi connectivity index (χ2n) is 5.48. The van der Waals surface area contributed by atoms with E-state index in [9.17, 15) is 13.2 Å². The molecule has 1 heterocycles. The van der Waals surface area contributed by atoms with Crippen LogP contribution in [0.3, 0.4) is 0 Å². The molecule has 2 rings (SSSR count). The first-order valence-corrected chi connectivity index (χ1v) is 8.87. The zero-order valence-corrected chi connectivity index (χ0v) is 13.1. The SMILES string of the molecule is CCC1CCCN1C(=O)CCc1ccc(S(N)(=O)=O)cc1. The molecule has 0 aliphatic carbocycles. The summed E-state index contributed by atoms with van der Waals surface area (Å²) in [5, 5.41) is 5.05. The van der Waals surface area contributed by atoms with Crippen molar-refractivity contribution in [1.29, 1.82) is 0 Å². The lowest BCUT2D eigenvalue weighted by Gasteiger charge is -2.23. The van der Waals surface area contributed by atoms with Gasteiger partial charge >= 0.3 is 0 Å². The molecule has 1 aromatic rings. The number of sulfonamides is 1. The molecule has 2 N–H and O–H groups in total. The fourth-order valence-electron chi connectivity index (χ4n) is 2.83. The van der Waals surface area contributed by atoms with Crippen molar-refractivity contribution in [2.75, 3.05) is 6.54 Å². The second-order valence-corrected chi connectivity index (χ2v) is 7.04. The molecule has 1 saturated heterocycles. The molecule has 5 nitrogen and oxygen atoms in total. The number of hydrogen-bond donors (Lipinski definition) is 1. The van der Waals surface area contributed by atoms with E-state index in [1.807, 2.05) is 4.90 Å². The summed E-state index contributed by atoms with van der Waals surface area (Å²) in [4.78, 5) is 14.3. The maximum absolute atomic E-state index is 12.2. The molecular weight excluding hydrogens is 288 g/mol. The van der Waals surface area contributed by atoms with Crippen LogP contribution in [0.25, 0.3) is 0 Å². The summed E-state index contributed by atoms with van der Waals surface area (Å²) in [6, 6.07) is 6.80. The van der Waals surface area contributed by atoms with Gasteiger partial charge in [0, 0.05) is 19.0 Å². The lowest BCUT2D eigenvalue weighted by atomic mass is 10.1. The molecule has 0 aromatic heterocycles. The van der Waals surface area contributed by atoms with E-state index in [0.29, 0.717) is 18.9 Å². The Bertz CT molecular complexity index is 596. The molecule has 1 aromatic carbocycles. The molecule has 1 fully saturated rings. The minimum Gasteiger partial charge on any atom is -0.340 e. The topological polar surface area (TPSA) is 80.5 Å². The highest BCUT2D eigenvalue weighted by Crippen LogP contribution is 2.21. The molecule has 1 aliphatic rings. The third kappa shape index (κ3) is 4.04. The summed E-state index contributed by atoms with van der Waals surface area (Å²) in [6.07, 6.45) is 4.29. The van der Waals surface area contributed by atoms with Crippen molar-refractivity contribution in [3.8, 4) is 0 Å². The first kappa shape index (κ1) is 16.0. The van der Waals surface area contributed by atoms with Gasteiger partial charge in [-0.2, -0.15) is 0 Å². The van der Waals surface area contributed by atoms with E-state index in [1.54, 1.807) is 12.1 Å². The average molecular weight is 310 g/mol. The van der Waals surface area contributed by atoms with Gasteiger partial charge in [0.2, 0.25) is 15.9 Å². The second kappa shape index (κ2) is 6.58. The largest absolute Gasteiger partial charge is 0.340 e. The van der Waals surface area contributed by atoms with Crippen LogP contribution in [0.1, 0.15) is 38.2 Å². The summed E-state index contributed by atoms with van der Waals surface area (Å²) in [5.74, 6) is 0.190. The summed E-state index contributed by atoms with van der Waals surface area (Å²) < 4.78 is 22.3. The van der Waals surface area contributed by atoms with Crippen LogP contribution < -0.4 is 5.14 Å². The van der Waals surface area contributed by atoms with Crippen molar-refractivity contribution in [1.82, 2.24) is 4.90 Å². The van der Waals surface area contributed by atoms with Crippen molar-refractivity contribution in [3.63, 3.8) is 0 Å². The quantitative estimate of drug-likeness (QED) is 0.898. The highest BCUT2D eigenvalue weighted by atomic mass is 32.2. The molecular formula is C15H22N2O3S. The summed E-state index contributed by atoms with van der Waals surface area (Å²) in [6.45, 7) is 2.98. The standard InChI is InChI=1S/C15H22N2O3S/c1-2-13-4-3-11-17(13)15(18)10-7-12-5-8-14(9-6-12)21(16,19)20/h5-6,8-9,13H,2-4,7,10-11H2,1H3,(H2,16,19,20). The fraction of sp³-hybridized carbons (Fsp3) is 0.533.